The number of amides is 2. The van der Waals surface area contributed by atoms with Gasteiger partial charge in [-0.3, -0.25) is 9.59 Å². The van der Waals surface area contributed by atoms with Crippen LogP contribution in [0.3, 0.4) is 0 Å². The average molecular weight is 277 g/mol. The third-order valence-corrected chi connectivity index (χ3v) is 3.16. The second-order valence-corrected chi connectivity index (χ2v) is 4.67. The number of halogens is 1. The highest BCUT2D eigenvalue weighted by molar-refractivity contribution is 6.20. The van der Waals surface area contributed by atoms with Gasteiger partial charge < -0.3 is 11.1 Å². The highest BCUT2D eigenvalue weighted by atomic mass is 19.1. The minimum Gasteiger partial charge on any atom is -0.321 e. The van der Waals surface area contributed by atoms with Gasteiger partial charge in [0.2, 0.25) is 5.91 Å². The first kappa shape index (κ1) is 14.3. The summed E-state index contributed by atoms with van der Waals surface area (Å²) in [5, 5.41) is 2.51. The van der Waals surface area contributed by atoms with E-state index in [1.807, 2.05) is 6.92 Å². The Balaban J connectivity index is 2.30. The number of hydrogen-bond acceptors (Lipinski definition) is 3. The van der Waals surface area contributed by atoms with E-state index >= 15 is 0 Å². The van der Waals surface area contributed by atoms with Crippen LogP contribution < -0.4 is 11.1 Å². The van der Waals surface area contributed by atoms with Crippen LogP contribution in [0.5, 0.6) is 0 Å². The highest BCUT2D eigenvalue weighted by Crippen LogP contribution is 2.23. The van der Waals surface area contributed by atoms with E-state index in [9.17, 15) is 14.0 Å². The van der Waals surface area contributed by atoms with Gasteiger partial charge in [-0.2, -0.15) is 4.99 Å². The van der Waals surface area contributed by atoms with Gasteiger partial charge in [-0.05, 0) is 12.5 Å². The van der Waals surface area contributed by atoms with Crippen molar-refractivity contribution in [2.45, 2.75) is 31.7 Å². The first-order chi connectivity index (χ1) is 9.54. The lowest BCUT2D eigenvalue weighted by atomic mass is 9.95. The van der Waals surface area contributed by atoms with Gasteiger partial charge >= 0.3 is 0 Å². The van der Waals surface area contributed by atoms with Crippen LogP contribution in [0.15, 0.2) is 29.3 Å². The molecule has 0 saturated heterocycles. The zero-order chi connectivity index (χ0) is 14.7. The number of rotatable bonds is 4. The van der Waals surface area contributed by atoms with Gasteiger partial charge in [0.1, 0.15) is 17.6 Å². The van der Waals surface area contributed by atoms with Crippen molar-refractivity contribution in [1.29, 1.82) is 0 Å². The molecule has 1 aliphatic heterocycles. The maximum atomic E-state index is 13.7. The Labute approximate surface area is 116 Å². The zero-order valence-corrected chi connectivity index (χ0v) is 11.1. The predicted octanol–water partition coefficient (Wildman–Crippen LogP) is 1.09. The van der Waals surface area contributed by atoms with E-state index in [0.29, 0.717) is 6.42 Å². The first-order valence-electron chi connectivity index (χ1n) is 6.48. The largest absolute Gasteiger partial charge is 0.321 e. The van der Waals surface area contributed by atoms with Gasteiger partial charge in [0, 0.05) is 5.56 Å². The monoisotopic (exact) mass is 277 g/mol. The first-order valence-corrected chi connectivity index (χ1v) is 6.48. The maximum Gasteiger partial charge on any atom is 0.264 e. The molecule has 2 rings (SSSR count). The van der Waals surface area contributed by atoms with Crippen LogP contribution in [0.4, 0.5) is 4.39 Å². The summed E-state index contributed by atoms with van der Waals surface area (Å²) in [5.74, 6) is -2.95. The van der Waals surface area contributed by atoms with Crippen molar-refractivity contribution in [2.75, 3.05) is 0 Å². The number of benzene rings is 1. The molecule has 0 spiro atoms. The van der Waals surface area contributed by atoms with Crippen LogP contribution in [0.25, 0.3) is 0 Å². The number of nitrogens with two attached hydrogens (primary N) is 1. The number of amidine groups is 1. The van der Waals surface area contributed by atoms with E-state index in [2.05, 4.69) is 10.3 Å². The molecule has 2 atom stereocenters. The summed E-state index contributed by atoms with van der Waals surface area (Å²) in [5.41, 5.74) is 5.86. The smallest absolute Gasteiger partial charge is 0.264 e. The SMILES string of the molecule is CCCC(N)C1=NC(=O)C(c2ccccc2F)C(=O)N1. The van der Waals surface area contributed by atoms with Crippen LogP contribution in [0, 0.1) is 5.82 Å². The fraction of sp³-hybridized carbons (Fsp3) is 0.357. The molecule has 2 amide bonds. The predicted molar refractivity (Wildman–Crippen MR) is 72.6 cm³/mol. The molecule has 2 unspecified atom stereocenters. The van der Waals surface area contributed by atoms with Gasteiger partial charge in [0.15, 0.2) is 0 Å². The van der Waals surface area contributed by atoms with Gasteiger partial charge in [0.25, 0.3) is 5.91 Å². The second kappa shape index (κ2) is 5.92. The van der Waals surface area contributed by atoms with Crippen molar-refractivity contribution >= 4 is 17.6 Å². The molecular weight excluding hydrogens is 261 g/mol. The van der Waals surface area contributed by atoms with Crippen molar-refractivity contribution in [3.63, 3.8) is 0 Å². The van der Waals surface area contributed by atoms with Crippen LogP contribution in [0.2, 0.25) is 0 Å². The number of carbonyl (C=O) groups excluding carboxylic acids is 2. The highest BCUT2D eigenvalue weighted by Gasteiger charge is 2.36. The summed E-state index contributed by atoms with van der Waals surface area (Å²) in [7, 11) is 0. The molecule has 106 valence electrons. The fourth-order valence-electron chi connectivity index (χ4n) is 2.13. The number of hydrogen-bond donors (Lipinski definition) is 2. The van der Waals surface area contributed by atoms with Crippen LogP contribution in [-0.4, -0.2) is 23.7 Å². The van der Waals surface area contributed by atoms with Gasteiger partial charge in [0.05, 0.1) is 6.04 Å². The maximum absolute atomic E-state index is 13.7. The number of carbonyl (C=O) groups is 2. The number of nitrogens with one attached hydrogen (secondary N) is 1. The molecule has 0 radical (unpaired) electrons. The Morgan fingerprint density at radius 2 is 2.10 bits per heavy atom. The van der Waals surface area contributed by atoms with E-state index in [-0.39, 0.29) is 11.4 Å². The summed E-state index contributed by atoms with van der Waals surface area (Å²) in [6.07, 6.45) is 1.41. The van der Waals surface area contributed by atoms with Crippen LogP contribution >= 0.6 is 0 Å². The molecule has 1 aliphatic rings. The summed E-state index contributed by atoms with van der Waals surface area (Å²) in [6, 6.07) is 5.19. The lowest BCUT2D eigenvalue weighted by Gasteiger charge is -2.23. The Morgan fingerprint density at radius 3 is 2.70 bits per heavy atom. The molecule has 1 aromatic rings. The molecule has 20 heavy (non-hydrogen) atoms. The molecule has 0 aromatic heterocycles. The average Bonchev–Trinajstić information content (AvgIpc) is 2.40. The summed E-state index contributed by atoms with van der Waals surface area (Å²) in [4.78, 5) is 27.9. The molecule has 3 N–H and O–H groups in total. The van der Waals surface area contributed by atoms with Crippen molar-refractivity contribution in [3.8, 4) is 0 Å². The van der Waals surface area contributed by atoms with Gasteiger partial charge in [-0.1, -0.05) is 31.5 Å². The molecule has 0 saturated carbocycles. The molecule has 0 bridgehead atoms. The van der Waals surface area contributed by atoms with E-state index in [1.165, 1.54) is 18.2 Å². The third-order valence-electron chi connectivity index (χ3n) is 3.16. The molecule has 5 nitrogen and oxygen atoms in total. The van der Waals surface area contributed by atoms with Crippen molar-refractivity contribution < 1.29 is 14.0 Å². The lowest BCUT2D eigenvalue weighted by molar-refractivity contribution is -0.130. The Morgan fingerprint density at radius 1 is 1.40 bits per heavy atom. The standard InChI is InChI=1S/C14H16FN3O2/c1-2-5-10(16)12-17-13(19)11(14(20)18-12)8-6-3-4-7-9(8)15/h3-4,6-7,10-11H,2,5,16H2,1H3,(H,17,18,19,20). The van der Waals surface area contributed by atoms with Crippen LogP contribution in [-0.2, 0) is 9.59 Å². The number of nitrogens with zero attached hydrogens (tertiary/aromatic N) is 1. The zero-order valence-electron chi connectivity index (χ0n) is 11.1. The van der Waals surface area contributed by atoms with Crippen LogP contribution in [0.1, 0.15) is 31.2 Å². The second-order valence-electron chi connectivity index (χ2n) is 4.67. The third kappa shape index (κ3) is 2.75. The van der Waals surface area contributed by atoms with Gasteiger partial charge in [-0.15, -0.1) is 0 Å². The normalized spacial score (nSPS) is 20.4. The Hall–Kier alpha value is -2.08. The van der Waals surface area contributed by atoms with Crippen molar-refractivity contribution in [2.24, 2.45) is 10.7 Å². The quantitative estimate of drug-likeness (QED) is 0.808. The van der Waals surface area contributed by atoms with E-state index in [0.717, 1.165) is 6.42 Å². The van der Waals surface area contributed by atoms with E-state index in [1.54, 1.807) is 6.07 Å². The number of aliphatic imine (C=N–C) groups is 1. The summed E-state index contributed by atoms with van der Waals surface area (Å²) in [6.45, 7) is 1.94. The Bertz CT molecular complexity index is 571. The van der Waals surface area contributed by atoms with Crippen molar-refractivity contribution in [1.82, 2.24) is 5.32 Å². The Kier molecular flexibility index (Phi) is 4.24. The fourth-order valence-corrected chi connectivity index (χ4v) is 2.13. The molecule has 1 heterocycles. The molecule has 0 aliphatic carbocycles. The lowest BCUT2D eigenvalue weighted by Crippen LogP contribution is -2.50. The minimum absolute atomic E-state index is 0.0295. The summed E-state index contributed by atoms with van der Waals surface area (Å²) >= 11 is 0. The topological polar surface area (TPSA) is 84.5 Å². The molecule has 0 fully saturated rings. The molecular formula is C14H16FN3O2. The van der Waals surface area contributed by atoms with Gasteiger partial charge in [-0.25, -0.2) is 4.39 Å². The molecule has 6 heteroatoms. The van der Waals surface area contributed by atoms with Crippen molar-refractivity contribution in [3.05, 3.63) is 35.6 Å². The van der Waals surface area contributed by atoms with E-state index < -0.39 is 29.6 Å². The van der Waals surface area contributed by atoms with E-state index in [4.69, 9.17) is 5.73 Å². The summed E-state index contributed by atoms with van der Waals surface area (Å²) < 4.78 is 13.7. The minimum atomic E-state index is -1.24. The molecule has 1 aromatic carbocycles.